The van der Waals surface area contributed by atoms with E-state index in [1.807, 2.05) is 54.8 Å². The Kier molecular flexibility index (Phi) is 6.28. The molecule has 8 heteroatoms. The molecule has 0 aliphatic rings. The van der Waals surface area contributed by atoms with Crippen molar-refractivity contribution in [2.45, 2.75) is 13.5 Å². The summed E-state index contributed by atoms with van der Waals surface area (Å²) in [6.07, 6.45) is 0. The zero-order valence-corrected chi connectivity index (χ0v) is 16.3. The molecule has 0 radical (unpaired) electrons. The first-order chi connectivity index (χ1) is 14.0. The van der Waals surface area contributed by atoms with Crippen LogP contribution in [-0.4, -0.2) is 18.1 Å². The van der Waals surface area contributed by atoms with Gasteiger partial charge in [-0.25, -0.2) is 26.5 Å². The lowest BCUT2D eigenvalue weighted by Gasteiger charge is -2.21. The Bertz CT molecular complexity index is 1010. The number of benzene rings is 2. The highest BCUT2D eigenvalue weighted by Crippen LogP contribution is 2.26. The first-order valence-electron chi connectivity index (χ1n) is 8.91. The van der Waals surface area contributed by atoms with Crippen LogP contribution < -0.4 is 31.6 Å². The topological polar surface area (TPSA) is 116 Å². The van der Waals surface area contributed by atoms with Crippen LogP contribution in [0.3, 0.4) is 0 Å². The number of urea groups is 1. The summed E-state index contributed by atoms with van der Waals surface area (Å²) in [6, 6.07) is 18.0. The summed E-state index contributed by atoms with van der Waals surface area (Å²) in [5.41, 5.74) is 5.87. The lowest BCUT2D eigenvalue weighted by molar-refractivity contribution is 0.246. The molecule has 2 aromatic carbocycles. The summed E-state index contributed by atoms with van der Waals surface area (Å²) >= 11 is 0. The van der Waals surface area contributed by atoms with Crippen molar-refractivity contribution in [2.75, 3.05) is 12.1 Å². The van der Waals surface area contributed by atoms with E-state index in [0.29, 0.717) is 11.6 Å². The lowest BCUT2D eigenvalue weighted by Crippen LogP contribution is -2.48. The van der Waals surface area contributed by atoms with E-state index in [-0.39, 0.29) is 6.61 Å². The molecular formula is C21H23N5O3. The summed E-state index contributed by atoms with van der Waals surface area (Å²) in [5, 5.41) is 0.950. The maximum atomic E-state index is 11.8. The van der Waals surface area contributed by atoms with E-state index in [1.165, 1.54) is 0 Å². The highest BCUT2D eigenvalue weighted by Gasteiger charge is 2.16. The quantitative estimate of drug-likeness (QED) is 0.337. The van der Waals surface area contributed by atoms with E-state index >= 15 is 0 Å². The summed E-state index contributed by atoms with van der Waals surface area (Å²) < 4.78 is 11.2. The first-order valence-corrected chi connectivity index (χ1v) is 8.91. The minimum atomic E-state index is -0.630. The van der Waals surface area contributed by atoms with Crippen molar-refractivity contribution in [3.63, 3.8) is 0 Å². The molecule has 1 aromatic heterocycles. The average Bonchev–Trinajstić information content (AvgIpc) is 2.77. The highest BCUT2D eigenvalue weighted by molar-refractivity contribution is 5.91. The molecule has 0 unspecified atom stereocenters. The molecule has 29 heavy (non-hydrogen) atoms. The number of hydrogen-bond donors (Lipinski definition) is 3. The zero-order valence-electron chi connectivity index (χ0n) is 16.3. The van der Waals surface area contributed by atoms with Gasteiger partial charge in [0.05, 0.1) is 18.5 Å². The number of nitrogens with zero attached hydrogens (tertiary/aromatic N) is 2. The van der Waals surface area contributed by atoms with Crippen molar-refractivity contribution < 1.29 is 14.3 Å². The molecule has 8 nitrogen and oxygen atoms in total. The largest absolute Gasteiger partial charge is 0.497 e. The van der Waals surface area contributed by atoms with Gasteiger partial charge >= 0.3 is 6.03 Å². The van der Waals surface area contributed by atoms with Crippen molar-refractivity contribution in [3.8, 4) is 22.9 Å². The summed E-state index contributed by atoms with van der Waals surface area (Å²) in [4.78, 5) is 16.4. The van der Waals surface area contributed by atoms with Gasteiger partial charge in [-0.15, -0.1) is 0 Å². The number of carbonyl (C=O) groups is 1. The minimum absolute atomic E-state index is 0.183. The number of nitrogens with one attached hydrogen (secondary N) is 1. The number of ether oxygens (including phenoxy) is 2. The van der Waals surface area contributed by atoms with Crippen LogP contribution in [0.5, 0.6) is 11.6 Å². The minimum Gasteiger partial charge on any atom is -0.497 e. The van der Waals surface area contributed by atoms with Crippen LogP contribution in [0, 0.1) is 6.92 Å². The Labute approximate surface area is 169 Å². The van der Waals surface area contributed by atoms with Crippen LogP contribution in [0.1, 0.15) is 11.1 Å². The second-order valence-corrected chi connectivity index (χ2v) is 6.27. The first kappa shape index (κ1) is 20.1. The van der Waals surface area contributed by atoms with Crippen molar-refractivity contribution in [1.29, 1.82) is 0 Å². The molecule has 3 aromatic rings. The van der Waals surface area contributed by atoms with E-state index in [4.69, 9.17) is 21.2 Å². The van der Waals surface area contributed by atoms with Gasteiger partial charge in [0.15, 0.2) is 0 Å². The molecule has 0 aliphatic carbocycles. The average molecular weight is 393 g/mol. The Morgan fingerprint density at radius 2 is 1.90 bits per heavy atom. The smallest absolute Gasteiger partial charge is 0.350 e. The van der Waals surface area contributed by atoms with Crippen molar-refractivity contribution >= 4 is 11.7 Å². The van der Waals surface area contributed by atoms with Gasteiger partial charge in [-0.1, -0.05) is 30.3 Å². The summed E-state index contributed by atoms with van der Waals surface area (Å²) in [6.45, 7) is 2.10. The van der Waals surface area contributed by atoms with Gasteiger partial charge < -0.3 is 9.47 Å². The fraction of sp³-hybridized carbons (Fsp3) is 0.143. The zero-order chi connectivity index (χ0) is 20.8. The number of nitrogens with two attached hydrogens (primary N) is 2. The number of carbonyl (C=O) groups excluding carboxylic acids is 1. The number of amides is 2. The van der Waals surface area contributed by atoms with Crippen molar-refractivity contribution in [1.82, 2.24) is 10.4 Å². The molecule has 0 fully saturated rings. The van der Waals surface area contributed by atoms with Crippen LogP contribution >= 0.6 is 0 Å². The molecule has 0 atom stereocenters. The predicted octanol–water partition coefficient (Wildman–Crippen LogP) is 2.91. The maximum absolute atomic E-state index is 11.8. The van der Waals surface area contributed by atoms with Crippen LogP contribution in [0.15, 0.2) is 60.7 Å². The van der Waals surface area contributed by atoms with Crippen LogP contribution in [-0.2, 0) is 6.61 Å². The van der Waals surface area contributed by atoms with Gasteiger partial charge in [-0.2, -0.15) is 0 Å². The number of hydrogen-bond acceptors (Lipinski definition) is 6. The molecule has 0 spiro atoms. The SMILES string of the molecule is COc1cccc(-c2cccc(OCc3c(C)cccc3N(N)C(=O)NN)n2)c1. The van der Waals surface area contributed by atoms with Crippen molar-refractivity contribution in [3.05, 3.63) is 71.8 Å². The second kappa shape index (κ2) is 9.05. The number of pyridine rings is 1. The molecule has 2 amide bonds. The third-order valence-electron chi connectivity index (χ3n) is 4.44. The molecule has 150 valence electrons. The number of anilines is 1. The third kappa shape index (κ3) is 4.63. The number of methoxy groups -OCH3 is 1. The van der Waals surface area contributed by atoms with Gasteiger partial charge in [-0.3, -0.25) is 5.43 Å². The molecule has 1 heterocycles. The lowest BCUT2D eigenvalue weighted by atomic mass is 10.1. The van der Waals surface area contributed by atoms with Crippen molar-refractivity contribution in [2.24, 2.45) is 11.7 Å². The fourth-order valence-corrected chi connectivity index (χ4v) is 2.86. The van der Waals surface area contributed by atoms with Gasteiger partial charge in [0, 0.05) is 17.2 Å². The molecule has 5 N–H and O–H groups in total. The standard InChI is InChI=1S/C21H23N5O3/c1-14-6-3-10-19(26(23)21(27)25-22)17(14)13-29-20-11-5-9-18(24-20)15-7-4-8-16(12-15)28-2/h3-12H,13,22-23H2,1-2H3,(H,25,27). The predicted molar refractivity (Wildman–Crippen MR) is 111 cm³/mol. The molecular weight excluding hydrogens is 370 g/mol. The Hall–Kier alpha value is -3.62. The fourth-order valence-electron chi connectivity index (χ4n) is 2.86. The Morgan fingerprint density at radius 3 is 2.66 bits per heavy atom. The molecule has 0 saturated heterocycles. The summed E-state index contributed by atoms with van der Waals surface area (Å²) in [7, 11) is 1.62. The van der Waals surface area contributed by atoms with Gasteiger partial charge in [-0.05, 0) is 36.8 Å². The number of aromatic nitrogens is 1. The van der Waals surface area contributed by atoms with E-state index in [9.17, 15) is 4.79 Å². The summed E-state index contributed by atoms with van der Waals surface area (Å²) in [5.74, 6) is 12.3. The van der Waals surface area contributed by atoms with Gasteiger partial charge in [0.1, 0.15) is 12.4 Å². The molecule has 3 rings (SSSR count). The Morgan fingerprint density at radius 1 is 1.14 bits per heavy atom. The molecule has 0 bridgehead atoms. The van der Waals surface area contributed by atoms with Crippen LogP contribution in [0.25, 0.3) is 11.3 Å². The van der Waals surface area contributed by atoms with Crippen LogP contribution in [0.2, 0.25) is 0 Å². The van der Waals surface area contributed by atoms with E-state index < -0.39 is 6.03 Å². The van der Waals surface area contributed by atoms with Gasteiger partial charge in [0.25, 0.3) is 0 Å². The third-order valence-corrected chi connectivity index (χ3v) is 4.44. The monoisotopic (exact) mass is 393 g/mol. The highest BCUT2D eigenvalue weighted by atomic mass is 16.5. The van der Waals surface area contributed by atoms with Gasteiger partial charge in [0.2, 0.25) is 5.88 Å². The molecule has 0 saturated carbocycles. The second-order valence-electron chi connectivity index (χ2n) is 6.27. The number of rotatable bonds is 6. The number of aryl methyl sites for hydroxylation is 1. The normalized spacial score (nSPS) is 10.3. The van der Waals surface area contributed by atoms with Crippen LogP contribution in [0.4, 0.5) is 10.5 Å². The van der Waals surface area contributed by atoms with E-state index in [0.717, 1.165) is 33.1 Å². The number of hydrazine groups is 2. The van der Waals surface area contributed by atoms with E-state index in [2.05, 4.69) is 4.98 Å². The van der Waals surface area contributed by atoms with E-state index in [1.54, 1.807) is 25.3 Å². The maximum Gasteiger partial charge on any atom is 0.350 e. The Balaban J connectivity index is 1.83. The molecule has 0 aliphatic heterocycles.